The molecule has 0 saturated carbocycles. The van der Waals surface area contributed by atoms with E-state index in [0.717, 1.165) is 5.56 Å². The van der Waals surface area contributed by atoms with E-state index < -0.39 is 6.10 Å². The smallest absolute Gasteiger partial charge is 0.132 e. The van der Waals surface area contributed by atoms with Crippen molar-refractivity contribution in [3.8, 4) is 6.07 Å². The van der Waals surface area contributed by atoms with Crippen molar-refractivity contribution in [3.05, 3.63) is 45.2 Å². The first-order valence-electron chi connectivity index (χ1n) is 5.21. The highest BCUT2D eigenvalue weighted by Gasteiger charge is 2.08. The van der Waals surface area contributed by atoms with Crippen LogP contribution in [0.25, 0.3) is 0 Å². The molecule has 0 spiro atoms. The molecule has 2 rings (SSSR count). The maximum absolute atomic E-state index is 9.88. The minimum atomic E-state index is -0.609. The molecule has 0 bridgehead atoms. The van der Waals surface area contributed by atoms with Gasteiger partial charge in [-0.25, -0.2) is 4.98 Å². The van der Waals surface area contributed by atoms with E-state index in [1.54, 1.807) is 6.07 Å². The summed E-state index contributed by atoms with van der Waals surface area (Å²) in [6.07, 6.45) is -0.609. The van der Waals surface area contributed by atoms with Crippen LogP contribution in [0.4, 0.5) is 5.82 Å². The van der Waals surface area contributed by atoms with Gasteiger partial charge in [-0.2, -0.15) is 16.6 Å². The number of anilines is 1. The lowest BCUT2D eigenvalue weighted by molar-refractivity contribution is 0.192. The van der Waals surface area contributed by atoms with Gasteiger partial charge in [0.15, 0.2) is 0 Å². The van der Waals surface area contributed by atoms with Crippen LogP contribution in [-0.2, 0) is 0 Å². The lowest BCUT2D eigenvalue weighted by Crippen LogP contribution is -2.12. The highest BCUT2D eigenvalue weighted by molar-refractivity contribution is 7.07. The largest absolute Gasteiger partial charge is 0.387 e. The zero-order valence-electron chi connectivity index (χ0n) is 9.30. The molecule has 1 atom stereocenters. The van der Waals surface area contributed by atoms with Gasteiger partial charge < -0.3 is 10.4 Å². The van der Waals surface area contributed by atoms with Crippen molar-refractivity contribution >= 4 is 28.8 Å². The average Bonchev–Trinajstić information content (AvgIpc) is 2.89. The maximum atomic E-state index is 9.88. The molecule has 0 saturated heterocycles. The molecule has 6 heteroatoms. The number of nitrogens with one attached hydrogen (secondary N) is 1. The third kappa shape index (κ3) is 3.20. The summed E-state index contributed by atoms with van der Waals surface area (Å²) >= 11 is 7.31. The van der Waals surface area contributed by atoms with Gasteiger partial charge in [0.2, 0.25) is 0 Å². The number of nitrogens with zero attached hydrogens (tertiary/aromatic N) is 2. The predicted molar refractivity (Wildman–Crippen MR) is 71.7 cm³/mol. The maximum Gasteiger partial charge on any atom is 0.132 e. The molecule has 4 nitrogen and oxygen atoms in total. The fraction of sp³-hybridized carbons (Fsp3) is 0.167. The van der Waals surface area contributed by atoms with E-state index in [1.807, 2.05) is 22.9 Å². The number of rotatable bonds is 4. The molecule has 0 fully saturated rings. The van der Waals surface area contributed by atoms with Crippen LogP contribution < -0.4 is 5.32 Å². The first-order chi connectivity index (χ1) is 8.69. The molecule has 0 aromatic carbocycles. The Labute approximate surface area is 113 Å². The van der Waals surface area contributed by atoms with Gasteiger partial charge in [-0.1, -0.05) is 11.6 Å². The van der Waals surface area contributed by atoms with Gasteiger partial charge in [0, 0.05) is 6.54 Å². The Morgan fingerprint density at radius 1 is 1.56 bits per heavy atom. The van der Waals surface area contributed by atoms with E-state index in [2.05, 4.69) is 10.3 Å². The number of aromatic nitrogens is 1. The van der Waals surface area contributed by atoms with Crippen LogP contribution in [0.15, 0.2) is 29.0 Å². The zero-order valence-corrected chi connectivity index (χ0v) is 10.9. The number of nitriles is 1. The molecule has 18 heavy (non-hydrogen) atoms. The van der Waals surface area contributed by atoms with E-state index in [9.17, 15) is 5.11 Å². The standard InChI is InChI=1S/C12H10ClN3OS/c13-11-3-8(5-14)4-12(16-11)15-6-10(17)9-1-2-18-7-9/h1-4,7,10,17H,6H2,(H,15,16). The lowest BCUT2D eigenvalue weighted by atomic mass is 10.2. The van der Waals surface area contributed by atoms with Gasteiger partial charge >= 0.3 is 0 Å². The van der Waals surface area contributed by atoms with E-state index in [1.165, 1.54) is 17.4 Å². The number of aliphatic hydroxyl groups excluding tert-OH is 1. The number of thiophene rings is 1. The van der Waals surface area contributed by atoms with Crippen molar-refractivity contribution in [1.29, 1.82) is 5.26 Å². The Bertz CT molecular complexity index is 565. The van der Waals surface area contributed by atoms with Gasteiger partial charge in [-0.3, -0.25) is 0 Å². The van der Waals surface area contributed by atoms with Crippen LogP contribution in [0.3, 0.4) is 0 Å². The monoisotopic (exact) mass is 279 g/mol. The summed E-state index contributed by atoms with van der Waals surface area (Å²) in [6.45, 7) is 0.314. The van der Waals surface area contributed by atoms with E-state index >= 15 is 0 Å². The Morgan fingerprint density at radius 2 is 2.39 bits per heavy atom. The summed E-state index contributed by atoms with van der Waals surface area (Å²) in [6, 6.07) is 6.94. The normalized spacial score (nSPS) is 11.8. The molecule has 1 unspecified atom stereocenters. The van der Waals surface area contributed by atoms with E-state index in [-0.39, 0.29) is 5.15 Å². The second kappa shape index (κ2) is 5.83. The minimum Gasteiger partial charge on any atom is -0.387 e. The summed E-state index contributed by atoms with van der Waals surface area (Å²) in [7, 11) is 0. The van der Waals surface area contributed by atoms with Gasteiger partial charge in [0.1, 0.15) is 11.0 Å². The molecule has 0 aliphatic carbocycles. The fourth-order valence-corrected chi connectivity index (χ4v) is 2.35. The third-order valence-corrected chi connectivity index (χ3v) is 3.22. The lowest BCUT2D eigenvalue weighted by Gasteiger charge is -2.11. The van der Waals surface area contributed by atoms with Crippen LogP contribution in [0.1, 0.15) is 17.2 Å². The van der Waals surface area contributed by atoms with Crippen LogP contribution in [0.2, 0.25) is 5.15 Å². The summed E-state index contributed by atoms with van der Waals surface area (Å²) in [5.41, 5.74) is 1.29. The number of halogens is 1. The number of hydrogen-bond acceptors (Lipinski definition) is 5. The summed E-state index contributed by atoms with van der Waals surface area (Å²) in [4.78, 5) is 4.03. The molecule has 2 aromatic rings. The van der Waals surface area contributed by atoms with E-state index in [4.69, 9.17) is 16.9 Å². The first-order valence-corrected chi connectivity index (χ1v) is 6.53. The van der Waals surface area contributed by atoms with Crippen LogP contribution in [0.5, 0.6) is 0 Å². The van der Waals surface area contributed by atoms with Crippen molar-refractivity contribution in [2.75, 3.05) is 11.9 Å². The first kappa shape index (κ1) is 12.8. The Hall–Kier alpha value is -1.61. The molecule has 2 N–H and O–H groups in total. The number of hydrogen-bond donors (Lipinski definition) is 2. The molecule has 2 aromatic heterocycles. The second-order valence-electron chi connectivity index (χ2n) is 3.63. The van der Waals surface area contributed by atoms with Crippen molar-refractivity contribution in [1.82, 2.24) is 4.98 Å². The van der Waals surface area contributed by atoms with Crippen molar-refractivity contribution in [3.63, 3.8) is 0 Å². The minimum absolute atomic E-state index is 0.251. The molecule has 0 aliphatic rings. The molecular formula is C12H10ClN3OS. The molecule has 0 radical (unpaired) electrons. The fourth-order valence-electron chi connectivity index (χ4n) is 1.44. The average molecular weight is 280 g/mol. The summed E-state index contributed by atoms with van der Waals surface area (Å²) in [5.74, 6) is 0.480. The van der Waals surface area contributed by atoms with Crippen molar-refractivity contribution in [2.24, 2.45) is 0 Å². The molecule has 92 valence electrons. The molecule has 0 aliphatic heterocycles. The summed E-state index contributed by atoms with van der Waals surface area (Å²) < 4.78 is 0. The molecular weight excluding hydrogens is 270 g/mol. The predicted octanol–water partition coefficient (Wildman–Crippen LogP) is 2.81. The SMILES string of the molecule is N#Cc1cc(Cl)nc(NCC(O)c2ccsc2)c1. The number of aliphatic hydroxyl groups is 1. The Balaban J connectivity index is 2.02. The highest BCUT2D eigenvalue weighted by Crippen LogP contribution is 2.18. The van der Waals surface area contributed by atoms with Crippen molar-refractivity contribution < 1.29 is 5.11 Å². The van der Waals surface area contributed by atoms with Crippen LogP contribution in [0, 0.1) is 11.3 Å². The van der Waals surface area contributed by atoms with Gasteiger partial charge in [-0.15, -0.1) is 0 Å². The second-order valence-corrected chi connectivity index (χ2v) is 4.80. The molecule has 2 heterocycles. The number of pyridine rings is 1. The zero-order chi connectivity index (χ0) is 13.0. The van der Waals surface area contributed by atoms with Crippen LogP contribution in [-0.4, -0.2) is 16.6 Å². The van der Waals surface area contributed by atoms with Gasteiger partial charge in [0.25, 0.3) is 0 Å². The quantitative estimate of drug-likeness (QED) is 0.845. The highest BCUT2D eigenvalue weighted by atomic mass is 35.5. The topological polar surface area (TPSA) is 68.9 Å². The van der Waals surface area contributed by atoms with Crippen LogP contribution >= 0.6 is 22.9 Å². The Kier molecular flexibility index (Phi) is 4.15. The van der Waals surface area contributed by atoms with Crippen molar-refractivity contribution in [2.45, 2.75) is 6.10 Å². The van der Waals surface area contributed by atoms with Gasteiger partial charge in [0.05, 0.1) is 17.7 Å². The van der Waals surface area contributed by atoms with Gasteiger partial charge in [-0.05, 0) is 34.5 Å². The Morgan fingerprint density at radius 3 is 3.06 bits per heavy atom. The summed E-state index contributed by atoms with van der Waals surface area (Å²) in [5, 5.41) is 25.7. The third-order valence-electron chi connectivity index (χ3n) is 2.33. The van der Waals surface area contributed by atoms with E-state index in [0.29, 0.717) is 17.9 Å². The molecule has 0 amide bonds.